The molecule has 0 radical (unpaired) electrons. The van der Waals surface area contributed by atoms with Crippen LogP contribution in [0.3, 0.4) is 0 Å². The first-order valence-corrected chi connectivity index (χ1v) is 6.56. The van der Waals surface area contributed by atoms with Gasteiger partial charge in [-0.05, 0) is 44.2 Å². The molecule has 0 aromatic heterocycles. The summed E-state index contributed by atoms with van der Waals surface area (Å²) >= 11 is 0. The molecule has 0 spiro atoms. The Kier molecular flexibility index (Phi) is 4.62. The number of anilines is 1. The van der Waals surface area contributed by atoms with Crippen LogP contribution in [0.2, 0.25) is 0 Å². The van der Waals surface area contributed by atoms with E-state index in [1.54, 1.807) is 18.2 Å². The van der Waals surface area contributed by atoms with Gasteiger partial charge in [-0.1, -0.05) is 17.7 Å². The minimum absolute atomic E-state index is 0.113. The quantitative estimate of drug-likeness (QED) is 0.854. The average Bonchev–Trinajstić information content (AvgIpc) is 2.43. The van der Waals surface area contributed by atoms with E-state index in [0.717, 1.165) is 16.8 Å². The summed E-state index contributed by atoms with van der Waals surface area (Å²) in [6, 6.07) is 11.5. The summed E-state index contributed by atoms with van der Waals surface area (Å²) in [7, 11) is 0. The number of hydrogen-bond donors (Lipinski definition) is 2. The Bertz CT molecular complexity index is 600. The van der Waals surface area contributed by atoms with Gasteiger partial charge < -0.3 is 15.2 Å². The third kappa shape index (κ3) is 4.08. The second-order valence-corrected chi connectivity index (χ2v) is 4.83. The van der Waals surface area contributed by atoms with Crippen LogP contribution in [0, 0.1) is 6.92 Å². The first kappa shape index (κ1) is 15.1. The lowest BCUT2D eigenvalue weighted by Gasteiger charge is -2.17. The van der Waals surface area contributed by atoms with Crippen molar-refractivity contribution in [3.63, 3.8) is 0 Å². The van der Waals surface area contributed by atoms with Crippen molar-refractivity contribution in [3.8, 4) is 11.5 Å². The lowest BCUT2D eigenvalue weighted by molar-refractivity contribution is -0.0498. The number of phenolic OH excluding ortho intramolecular Hbond substituents is 1. The molecule has 0 saturated carbocycles. The van der Waals surface area contributed by atoms with Gasteiger partial charge in [-0.3, -0.25) is 0 Å². The predicted molar refractivity (Wildman–Crippen MR) is 78.0 cm³/mol. The number of aryl methyl sites for hydroxylation is 1. The van der Waals surface area contributed by atoms with Crippen LogP contribution >= 0.6 is 0 Å². The lowest BCUT2D eigenvalue weighted by Crippen LogP contribution is -2.07. The number of alkyl halides is 2. The molecule has 0 aliphatic rings. The Morgan fingerprint density at radius 1 is 1.10 bits per heavy atom. The van der Waals surface area contributed by atoms with Crippen molar-refractivity contribution in [1.82, 2.24) is 0 Å². The fourth-order valence-corrected chi connectivity index (χ4v) is 2.08. The van der Waals surface area contributed by atoms with Crippen molar-refractivity contribution in [3.05, 3.63) is 53.6 Å². The van der Waals surface area contributed by atoms with E-state index in [2.05, 4.69) is 10.1 Å². The van der Waals surface area contributed by atoms with Crippen LogP contribution in [0.25, 0.3) is 0 Å². The highest BCUT2D eigenvalue weighted by molar-refractivity contribution is 5.50. The van der Waals surface area contributed by atoms with E-state index in [1.807, 2.05) is 26.0 Å². The highest BCUT2D eigenvalue weighted by Gasteiger charge is 2.11. The maximum Gasteiger partial charge on any atom is 0.387 e. The van der Waals surface area contributed by atoms with Gasteiger partial charge in [0.15, 0.2) is 0 Å². The van der Waals surface area contributed by atoms with E-state index in [9.17, 15) is 13.9 Å². The van der Waals surface area contributed by atoms with E-state index in [-0.39, 0.29) is 17.5 Å². The summed E-state index contributed by atoms with van der Waals surface area (Å²) in [5.41, 5.74) is 2.59. The van der Waals surface area contributed by atoms with Gasteiger partial charge in [0.05, 0.1) is 6.04 Å². The minimum Gasteiger partial charge on any atom is -0.508 e. The first-order chi connectivity index (χ1) is 9.95. The molecule has 2 N–H and O–H groups in total. The van der Waals surface area contributed by atoms with Crippen LogP contribution in [-0.4, -0.2) is 11.7 Å². The molecule has 1 atom stereocenters. The Hall–Kier alpha value is -2.30. The summed E-state index contributed by atoms with van der Waals surface area (Å²) in [4.78, 5) is 0. The van der Waals surface area contributed by atoms with Gasteiger partial charge in [0, 0.05) is 11.3 Å². The van der Waals surface area contributed by atoms with Crippen LogP contribution < -0.4 is 10.1 Å². The van der Waals surface area contributed by atoms with E-state index < -0.39 is 6.61 Å². The Labute approximate surface area is 122 Å². The van der Waals surface area contributed by atoms with Gasteiger partial charge in [-0.15, -0.1) is 0 Å². The molecule has 0 heterocycles. The molecule has 0 saturated heterocycles. The van der Waals surface area contributed by atoms with Crippen molar-refractivity contribution in [2.75, 3.05) is 5.32 Å². The van der Waals surface area contributed by atoms with Crippen molar-refractivity contribution < 1.29 is 18.6 Å². The molecule has 0 fully saturated rings. The van der Waals surface area contributed by atoms with Gasteiger partial charge in [0.1, 0.15) is 11.5 Å². The van der Waals surface area contributed by atoms with Crippen molar-refractivity contribution >= 4 is 5.69 Å². The van der Waals surface area contributed by atoms with E-state index in [1.165, 1.54) is 12.1 Å². The molecule has 112 valence electrons. The van der Waals surface area contributed by atoms with Crippen LogP contribution in [0.1, 0.15) is 24.1 Å². The monoisotopic (exact) mass is 293 g/mol. The normalized spacial score (nSPS) is 12.2. The Morgan fingerprint density at radius 2 is 1.76 bits per heavy atom. The average molecular weight is 293 g/mol. The van der Waals surface area contributed by atoms with Crippen LogP contribution in [0.4, 0.5) is 14.5 Å². The molecule has 0 amide bonds. The summed E-state index contributed by atoms with van der Waals surface area (Å²) < 4.78 is 28.4. The Balaban J connectivity index is 2.08. The zero-order valence-corrected chi connectivity index (χ0v) is 11.8. The topological polar surface area (TPSA) is 41.5 Å². The number of ether oxygens (including phenoxy) is 1. The molecule has 1 unspecified atom stereocenters. The largest absolute Gasteiger partial charge is 0.508 e. The van der Waals surface area contributed by atoms with Crippen LogP contribution in [0.5, 0.6) is 11.5 Å². The van der Waals surface area contributed by atoms with E-state index in [0.29, 0.717) is 0 Å². The number of nitrogens with one attached hydrogen (secondary N) is 1. The molecule has 2 aromatic carbocycles. The molecule has 3 nitrogen and oxygen atoms in total. The van der Waals surface area contributed by atoms with Crippen LogP contribution in [0.15, 0.2) is 42.5 Å². The Morgan fingerprint density at radius 3 is 2.38 bits per heavy atom. The SMILES string of the molecule is Cc1ccc(O)c(C(C)Nc2ccc(OC(F)F)cc2)c1. The molecule has 0 bridgehead atoms. The number of phenols is 1. The summed E-state index contributed by atoms with van der Waals surface area (Å²) in [5.74, 6) is 0.333. The van der Waals surface area contributed by atoms with Crippen molar-refractivity contribution in [2.24, 2.45) is 0 Å². The molecule has 21 heavy (non-hydrogen) atoms. The smallest absolute Gasteiger partial charge is 0.387 e. The number of benzene rings is 2. The number of rotatable bonds is 5. The fourth-order valence-electron chi connectivity index (χ4n) is 2.08. The number of hydrogen-bond acceptors (Lipinski definition) is 3. The molecule has 5 heteroatoms. The second kappa shape index (κ2) is 6.43. The van der Waals surface area contributed by atoms with Gasteiger partial charge in [0.25, 0.3) is 0 Å². The third-order valence-corrected chi connectivity index (χ3v) is 3.11. The standard InChI is InChI=1S/C16H17F2NO2/c1-10-3-8-15(20)14(9-10)11(2)19-12-4-6-13(7-5-12)21-16(17)18/h3-9,11,16,19-20H,1-2H3. The highest BCUT2D eigenvalue weighted by atomic mass is 19.3. The predicted octanol–water partition coefficient (Wildman–Crippen LogP) is 4.48. The third-order valence-electron chi connectivity index (χ3n) is 3.11. The summed E-state index contributed by atoms with van der Waals surface area (Å²) in [5, 5.41) is 13.1. The second-order valence-electron chi connectivity index (χ2n) is 4.83. The fraction of sp³-hybridized carbons (Fsp3) is 0.250. The number of halogens is 2. The van der Waals surface area contributed by atoms with E-state index in [4.69, 9.17) is 0 Å². The first-order valence-electron chi connectivity index (χ1n) is 6.56. The van der Waals surface area contributed by atoms with E-state index >= 15 is 0 Å². The van der Waals surface area contributed by atoms with Crippen molar-refractivity contribution in [2.45, 2.75) is 26.5 Å². The summed E-state index contributed by atoms with van der Waals surface area (Å²) in [6.45, 7) is 1.04. The molecule has 2 rings (SSSR count). The molecule has 0 aliphatic heterocycles. The van der Waals surface area contributed by atoms with Crippen LogP contribution in [-0.2, 0) is 0 Å². The van der Waals surface area contributed by atoms with Gasteiger partial charge >= 0.3 is 6.61 Å². The molecular formula is C16H17F2NO2. The maximum atomic E-state index is 12.1. The van der Waals surface area contributed by atoms with Crippen molar-refractivity contribution in [1.29, 1.82) is 0 Å². The number of aromatic hydroxyl groups is 1. The highest BCUT2D eigenvalue weighted by Crippen LogP contribution is 2.28. The lowest BCUT2D eigenvalue weighted by atomic mass is 10.0. The van der Waals surface area contributed by atoms with Gasteiger partial charge in [-0.2, -0.15) is 8.78 Å². The zero-order chi connectivity index (χ0) is 15.4. The molecule has 0 aliphatic carbocycles. The molecule has 2 aromatic rings. The minimum atomic E-state index is -2.83. The molecular weight excluding hydrogens is 276 g/mol. The maximum absolute atomic E-state index is 12.1. The summed E-state index contributed by atoms with van der Waals surface area (Å²) in [6.07, 6.45) is 0. The van der Waals surface area contributed by atoms with Gasteiger partial charge in [-0.25, -0.2) is 0 Å². The zero-order valence-electron chi connectivity index (χ0n) is 11.8. The van der Waals surface area contributed by atoms with Gasteiger partial charge in [0.2, 0.25) is 0 Å².